The minimum atomic E-state index is -0.434. The summed E-state index contributed by atoms with van der Waals surface area (Å²) in [5.74, 6) is 0. The van der Waals surface area contributed by atoms with E-state index in [1.165, 1.54) is 12.8 Å². The van der Waals surface area contributed by atoms with Gasteiger partial charge >= 0.3 is 6.09 Å². The molecular weight excluding hydrogens is 240 g/mol. The lowest BCUT2D eigenvalue weighted by atomic mass is 10.1. The van der Waals surface area contributed by atoms with Gasteiger partial charge in [-0.25, -0.2) is 4.79 Å². The molecule has 0 saturated carbocycles. The molecule has 19 heavy (non-hydrogen) atoms. The van der Waals surface area contributed by atoms with Crippen LogP contribution in [0.25, 0.3) is 0 Å². The molecule has 0 spiro atoms. The summed E-state index contributed by atoms with van der Waals surface area (Å²) in [6, 6.07) is 0.722. The third-order valence-electron chi connectivity index (χ3n) is 2.90. The van der Waals surface area contributed by atoms with E-state index < -0.39 is 5.60 Å². The lowest BCUT2D eigenvalue weighted by molar-refractivity contribution is 0.0506. The van der Waals surface area contributed by atoms with Crippen molar-refractivity contribution in [1.29, 1.82) is 0 Å². The minimum Gasteiger partial charge on any atom is -0.444 e. The predicted molar refractivity (Wildman–Crippen MR) is 80.4 cm³/mol. The van der Waals surface area contributed by atoms with E-state index in [1.807, 2.05) is 27.7 Å². The van der Waals surface area contributed by atoms with Gasteiger partial charge in [0.1, 0.15) is 5.60 Å². The second-order valence-electron chi connectivity index (χ2n) is 6.18. The second-order valence-corrected chi connectivity index (χ2v) is 6.18. The third kappa shape index (κ3) is 10.8. The van der Waals surface area contributed by atoms with E-state index in [9.17, 15) is 4.79 Å². The third-order valence-corrected chi connectivity index (χ3v) is 2.90. The van der Waals surface area contributed by atoms with E-state index in [0.29, 0.717) is 6.04 Å². The molecule has 0 aromatic rings. The summed E-state index contributed by atoms with van der Waals surface area (Å²) >= 11 is 0. The molecule has 0 rings (SSSR count). The molecule has 4 nitrogen and oxygen atoms in total. The van der Waals surface area contributed by atoms with Crippen LogP contribution in [0.4, 0.5) is 4.79 Å². The number of rotatable bonds is 8. The van der Waals surface area contributed by atoms with Crippen LogP contribution in [0, 0.1) is 0 Å². The second kappa shape index (κ2) is 9.18. The highest BCUT2D eigenvalue weighted by molar-refractivity contribution is 5.67. The summed E-state index contributed by atoms with van der Waals surface area (Å²) in [6.07, 6.45) is 4.16. The van der Waals surface area contributed by atoms with Crippen LogP contribution in [-0.2, 0) is 4.74 Å². The topological polar surface area (TPSA) is 50.4 Å². The van der Waals surface area contributed by atoms with E-state index in [0.717, 1.165) is 19.4 Å². The molecule has 0 aliphatic heterocycles. The van der Waals surface area contributed by atoms with Crippen LogP contribution in [0.15, 0.2) is 0 Å². The first-order valence-corrected chi connectivity index (χ1v) is 7.51. The van der Waals surface area contributed by atoms with Gasteiger partial charge in [-0.3, -0.25) is 0 Å². The van der Waals surface area contributed by atoms with Gasteiger partial charge in [0, 0.05) is 12.1 Å². The van der Waals surface area contributed by atoms with Gasteiger partial charge < -0.3 is 15.4 Å². The van der Waals surface area contributed by atoms with Crippen LogP contribution >= 0.6 is 0 Å². The van der Waals surface area contributed by atoms with Gasteiger partial charge in [0.15, 0.2) is 0 Å². The maximum absolute atomic E-state index is 11.6. The van der Waals surface area contributed by atoms with E-state index in [1.54, 1.807) is 0 Å². The monoisotopic (exact) mass is 272 g/mol. The number of carbonyl (C=O) groups excluding carboxylic acids is 1. The maximum atomic E-state index is 11.6. The molecule has 0 radical (unpaired) electrons. The molecule has 0 fully saturated rings. The maximum Gasteiger partial charge on any atom is 0.407 e. The fourth-order valence-electron chi connectivity index (χ4n) is 1.88. The normalized spacial score (nSPS) is 14.8. The van der Waals surface area contributed by atoms with E-state index in [2.05, 4.69) is 24.5 Å². The Kier molecular flexibility index (Phi) is 8.81. The molecule has 2 N–H and O–H groups in total. The standard InChI is InChI=1S/C15H32N2O2/c1-7-9-13(8-2)16-11-10-12(3)17-14(18)19-15(4,5)6/h12-13,16H,7-11H2,1-6H3,(H,17,18). The van der Waals surface area contributed by atoms with Crippen molar-refractivity contribution in [1.82, 2.24) is 10.6 Å². The highest BCUT2D eigenvalue weighted by Crippen LogP contribution is 2.07. The molecule has 4 heteroatoms. The summed E-state index contributed by atoms with van der Waals surface area (Å²) in [7, 11) is 0. The zero-order valence-corrected chi connectivity index (χ0v) is 13.5. The first-order chi connectivity index (χ1) is 8.78. The molecule has 0 aliphatic rings. The average Bonchev–Trinajstić information content (AvgIpc) is 2.24. The molecule has 0 aliphatic carbocycles. The first-order valence-electron chi connectivity index (χ1n) is 7.51. The Hall–Kier alpha value is -0.770. The van der Waals surface area contributed by atoms with Gasteiger partial charge in [-0.05, 0) is 53.5 Å². The van der Waals surface area contributed by atoms with Crippen molar-refractivity contribution in [2.75, 3.05) is 6.54 Å². The van der Waals surface area contributed by atoms with Crippen LogP contribution in [0.5, 0.6) is 0 Å². The molecule has 0 heterocycles. The van der Waals surface area contributed by atoms with Crippen LogP contribution in [-0.4, -0.2) is 30.3 Å². The van der Waals surface area contributed by atoms with Crippen LogP contribution in [0.1, 0.15) is 67.2 Å². The Bertz CT molecular complexity index is 249. The molecule has 0 aromatic carbocycles. The van der Waals surface area contributed by atoms with Crippen LogP contribution in [0.2, 0.25) is 0 Å². The number of alkyl carbamates (subject to hydrolysis) is 1. The van der Waals surface area contributed by atoms with Crippen LogP contribution in [0.3, 0.4) is 0 Å². The number of hydrogen-bond acceptors (Lipinski definition) is 3. The molecule has 114 valence electrons. The Morgan fingerprint density at radius 3 is 2.32 bits per heavy atom. The number of ether oxygens (including phenoxy) is 1. The fourth-order valence-corrected chi connectivity index (χ4v) is 1.88. The first kappa shape index (κ1) is 18.2. The quantitative estimate of drug-likeness (QED) is 0.711. The van der Waals surface area contributed by atoms with Crippen molar-refractivity contribution in [2.45, 2.75) is 84.9 Å². The Balaban J connectivity index is 3.80. The lowest BCUT2D eigenvalue weighted by Gasteiger charge is -2.22. The Morgan fingerprint density at radius 1 is 1.21 bits per heavy atom. The van der Waals surface area contributed by atoms with Crippen molar-refractivity contribution in [3.63, 3.8) is 0 Å². The van der Waals surface area contributed by atoms with Crippen molar-refractivity contribution < 1.29 is 9.53 Å². The molecule has 2 atom stereocenters. The number of hydrogen-bond donors (Lipinski definition) is 2. The number of amides is 1. The van der Waals surface area contributed by atoms with Gasteiger partial charge in [-0.15, -0.1) is 0 Å². The van der Waals surface area contributed by atoms with Crippen molar-refractivity contribution >= 4 is 6.09 Å². The zero-order valence-electron chi connectivity index (χ0n) is 13.5. The molecule has 0 bridgehead atoms. The van der Waals surface area contributed by atoms with E-state index in [-0.39, 0.29) is 12.1 Å². The van der Waals surface area contributed by atoms with Gasteiger partial charge in [-0.2, -0.15) is 0 Å². The Labute approximate surface area is 118 Å². The molecule has 0 saturated heterocycles. The number of carbonyl (C=O) groups is 1. The van der Waals surface area contributed by atoms with E-state index >= 15 is 0 Å². The average molecular weight is 272 g/mol. The van der Waals surface area contributed by atoms with Crippen molar-refractivity contribution in [3.8, 4) is 0 Å². The predicted octanol–water partition coefficient (Wildman–Crippen LogP) is 3.46. The summed E-state index contributed by atoms with van der Waals surface area (Å²) in [4.78, 5) is 11.6. The lowest BCUT2D eigenvalue weighted by Crippen LogP contribution is -2.40. The van der Waals surface area contributed by atoms with Crippen molar-refractivity contribution in [2.24, 2.45) is 0 Å². The molecule has 1 amide bonds. The zero-order chi connectivity index (χ0) is 14.9. The molecule has 2 unspecified atom stereocenters. The Morgan fingerprint density at radius 2 is 1.84 bits per heavy atom. The fraction of sp³-hybridized carbons (Fsp3) is 0.933. The van der Waals surface area contributed by atoms with Crippen LogP contribution < -0.4 is 10.6 Å². The summed E-state index contributed by atoms with van der Waals surface area (Å²) in [6.45, 7) is 13.0. The molecule has 0 aromatic heterocycles. The van der Waals surface area contributed by atoms with Crippen molar-refractivity contribution in [3.05, 3.63) is 0 Å². The SMILES string of the molecule is CCCC(CC)NCCC(C)NC(=O)OC(C)(C)C. The van der Waals surface area contributed by atoms with E-state index in [4.69, 9.17) is 4.74 Å². The largest absolute Gasteiger partial charge is 0.444 e. The highest BCUT2D eigenvalue weighted by Gasteiger charge is 2.17. The molecular formula is C15H32N2O2. The summed E-state index contributed by atoms with van der Waals surface area (Å²) in [5.41, 5.74) is -0.434. The number of nitrogens with one attached hydrogen (secondary N) is 2. The minimum absolute atomic E-state index is 0.126. The van der Waals surface area contributed by atoms with Gasteiger partial charge in [-0.1, -0.05) is 20.3 Å². The van der Waals surface area contributed by atoms with Gasteiger partial charge in [0.25, 0.3) is 0 Å². The summed E-state index contributed by atoms with van der Waals surface area (Å²) in [5, 5.41) is 6.39. The van der Waals surface area contributed by atoms with Gasteiger partial charge in [0.2, 0.25) is 0 Å². The van der Waals surface area contributed by atoms with Gasteiger partial charge in [0.05, 0.1) is 0 Å². The smallest absolute Gasteiger partial charge is 0.407 e. The summed E-state index contributed by atoms with van der Waals surface area (Å²) < 4.78 is 5.23. The highest BCUT2D eigenvalue weighted by atomic mass is 16.6.